The molecule has 0 saturated carbocycles. The molecule has 3 N–H and O–H groups in total. The number of anilines is 5. The summed E-state index contributed by atoms with van der Waals surface area (Å²) in [4.78, 5) is 57.7. The van der Waals surface area contributed by atoms with Gasteiger partial charge >= 0.3 is 0 Å². The number of carbonyl (C=O) groups excluding carboxylic acids is 1. The number of hydrazine groups is 1. The number of non-ortho nitro benzene ring substituents is 2. The second-order valence-corrected chi connectivity index (χ2v) is 10.2. The number of nitrogens with zero attached hydrogens (tertiary/aromatic N) is 8. The summed E-state index contributed by atoms with van der Waals surface area (Å²) in [5.74, 6) is -0.349. The fourth-order valence-electron chi connectivity index (χ4n) is 4.70. The van der Waals surface area contributed by atoms with Crippen molar-refractivity contribution in [3.05, 3.63) is 128 Å². The first-order chi connectivity index (χ1) is 24.2. The molecule has 0 bridgehead atoms. The van der Waals surface area contributed by atoms with Gasteiger partial charge in [0.1, 0.15) is 17.2 Å². The number of nitro benzene ring substituents is 2. The Bertz CT molecular complexity index is 2080. The van der Waals surface area contributed by atoms with Gasteiger partial charge in [0.05, 0.1) is 41.1 Å². The summed E-state index contributed by atoms with van der Waals surface area (Å²) in [5, 5.41) is 30.0. The van der Waals surface area contributed by atoms with Crippen molar-refractivity contribution in [2.75, 3.05) is 30.3 Å². The lowest BCUT2D eigenvalue weighted by Gasteiger charge is -2.20. The monoisotopic (exact) mass is 675 g/mol. The molecule has 2 aromatic heterocycles. The normalized spacial score (nSPS) is 13.1. The van der Waals surface area contributed by atoms with Crippen LogP contribution in [0.1, 0.15) is 11.3 Å². The number of nitrogens with one attached hydrogen (secondary N) is 3. The molecule has 0 saturated heterocycles. The number of hydrogen-bond donors (Lipinski definition) is 3. The number of hydrogen-bond acceptors (Lipinski definition) is 15. The summed E-state index contributed by atoms with van der Waals surface area (Å²) in [6, 6.07) is 21.9. The average Bonchev–Trinajstić information content (AvgIpc) is 3.42. The van der Waals surface area contributed by atoms with Crippen LogP contribution in [0.5, 0.6) is 11.5 Å². The quantitative estimate of drug-likeness (QED) is 0.0873. The third-order valence-corrected chi connectivity index (χ3v) is 6.99. The molecule has 0 spiro atoms. The molecule has 250 valence electrons. The number of carbonyl (C=O) groups is 1. The molecule has 3 aromatic carbocycles. The molecular formula is C32H25N11O7. The van der Waals surface area contributed by atoms with Gasteiger partial charge in [0, 0.05) is 36.0 Å². The number of aliphatic imine (C=N–C) groups is 1. The second-order valence-electron chi connectivity index (χ2n) is 10.2. The fourth-order valence-corrected chi connectivity index (χ4v) is 4.70. The predicted molar refractivity (Wildman–Crippen MR) is 181 cm³/mol. The predicted octanol–water partition coefficient (Wildman–Crippen LogP) is 5.24. The van der Waals surface area contributed by atoms with Gasteiger partial charge in [0.2, 0.25) is 17.8 Å². The zero-order valence-corrected chi connectivity index (χ0v) is 26.2. The van der Waals surface area contributed by atoms with Crippen LogP contribution in [0, 0.1) is 20.2 Å². The Labute approximate surface area is 282 Å². The summed E-state index contributed by atoms with van der Waals surface area (Å²) in [7, 11) is 2.77. The maximum atomic E-state index is 13.8. The lowest BCUT2D eigenvalue weighted by atomic mass is 10.2. The molecule has 0 unspecified atom stereocenters. The first-order valence-electron chi connectivity index (χ1n) is 14.6. The van der Waals surface area contributed by atoms with E-state index in [1.165, 1.54) is 56.7 Å². The minimum Gasteiger partial charge on any atom is -0.495 e. The Morgan fingerprint density at radius 1 is 0.740 bits per heavy atom. The summed E-state index contributed by atoms with van der Waals surface area (Å²) < 4.78 is 10.7. The number of aromatic nitrogens is 4. The van der Waals surface area contributed by atoms with Gasteiger partial charge in [-0.05, 0) is 30.3 Å². The van der Waals surface area contributed by atoms with E-state index in [0.717, 1.165) is 5.01 Å². The van der Waals surface area contributed by atoms with E-state index in [4.69, 9.17) is 9.47 Å². The summed E-state index contributed by atoms with van der Waals surface area (Å²) in [6.07, 6.45) is 3.12. The molecule has 3 heterocycles. The van der Waals surface area contributed by atoms with Crippen molar-refractivity contribution in [2.45, 2.75) is 0 Å². The van der Waals surface area contributed by atoms with Crippen molar-refractivity contribution < 1.29 is 24.1 Å². The zero-order valence-electron chi connectivity index (χ0n) is 26.2. The maximum Gasteiger partial charge on any atom is 0.297 e. The van der Waals surface area contributed by atoms with Gasteiger partial charge in [0.15, 0.2) is 5.84 Å². The Kier molecular flexibility index (Phi) is 9.14. The molecule has 0 atom stereocenters. The van der Waals surface area contributed by atoms with Crippen LogP contribution in [0.3, 0.4) is 0 Å². The van der Waals surface area contributed by atoms with E-state index in [1.54, 1.807) is 48.7 Å². The Hall–Kier alpha value is -7.50. The molecule has 0 aliphatic carbocycles. The molecule has 18 nitrogen and oxygen atoms in total. The Morgan fingerprint density at radius 2 is 1.30 bits per heavy atom. The number of pyridine rings is 1. The molecule has 1 aliphatic rings. The van der Waals surface area contributed by atoms with Crippen LogP contribution < -0.4 is 25.5 Å². The first-order valence-corrected chi connectivity index (χ1v) is 14.6. The van der Waals surface area contributed by atoms with Crippen molar-refractivity contribution in [3.63, 3.8) is 0 Å². The van der Waals surface area contributed by atoms with Gasteiger partial charge in [-0.1, -0.05) is 36.4 Å². The first kappa shape index (κ1) is 32.4. The molecule has 0 fully saturated rings. The van der Waals surface area contributed by atoms with Crippen LogP contribution in [0.15, 0.2) is 102 Å². The smallest absolute Gasteiger partial charge is 0.297 e. The third-order valence-electron chi connectivity index (χ3n) is 6.99. The fraction of sp³-hybridized carbons (Fsp3) is 0.0625. The molecule has 5 aromatic rings. The van der Waals surface area contributed by atoms with Crippen LogP contribution in [-0.4, -0.2) is 60.8 Å². The zero-order chi connectivity index (χ0) is 35.2. The van der Waals surface area contributed by atoms with E-state index in [-0.39, 0.29) is 63.6 Å². The summed E-state index contributed by atoms with van der Waals surface area (Å²) >= 11 is 0. The standard InChI is InChI=1S/C32H25N11O7/c1-49-26-13-11-21(42(45)46)17-23(26)35-30-37-31(36-24-18-22(43(47)48)12-14-27(24)50-2)39-32(38-30)40-41-28(19-8-4-3-5-9-19)34-25(29(41)44)16-20-10-6-7-15-33-20/h3-18H,1-2H3,(H3,35,36,37,38,39,40)/b25-16+. The van der Waals surface area contributed by atoms with E-state index in [2.05, 4.69) is 41.0 Å². The van der Waals surface area contributed by atoms with Gasteiger partial charge < -0.3 is 20.1 Å². The molecule has 18 heteroatoms. The minimum atomic E-state index is -0.577. The topological polar surface area (TPSA) is 225 Å². The molecule has 1 amide bonds. The summed E-state index contributed by atoms with van der Waals surface area (Å²) in [5.41, 5.74) is 3.87. The molecule has 6 rings (SSSR count). The number of nitro groups is 2. The lowest BCUT2D eigenvalue weighted by Crippen LogP contribution is -2.38. The van der Waals surface area contributed by atoms with Crippen molar-refractivity contribution in [1.82, 2.24) is 24.9 Å². The SMILES string of the molecule is COc1ccc([N+](=O)[O-])cc1Nc1nc(Nc2cc([N+](=O)[O-])ccc2OC)nc(NN2C(=O)/C(=C\c3ccccn3)N=C2c2ccccc2)n1. The largest absolute Gasteiger partial charge is 0.495 e. The number of methoxy groups -OCH3 is 2. The molecule has 1 aliphatic heterocycles. The van der Waals surface area contributed by atoms with Crippen LogP contribution in [0.25, 0.3) is 6.08 Å². The third kappa shape index (κ3) is 7.08. The average molecular weight is 676 g/mol. The van der Waals surface area contributed by atoms with Crippen molar-refractivity contribution in [3.8, 4) is 11.5 Å². The lowest BCUT2D eigenvalue weighted by molar-refractivity contribution is -0.385. The highest BCUT2D eigenvalue weighted by molar-refractivity contribution is 6.20. The summed E-state index contributed by atoms with van der Waals surface area (Å²) in [6.45, 7) is 0. The highest BCUT2D eigenvalue weighted by Crippen LogP contribution is 2.33. The van der Waals surface area contributed by atoms with Gasteiger partial charge in [0.25, 0.3) is 17.3 Å². The van der Waals surface area contributed by atoms with Crippen molar-refractivity contribution in [2.24, 2.45) is 4.99 Å². The van der Waals surface area contributed by atoms with Crippen LogP contribution in [0.4, 0.5) is 40.6 Å². The van der Waals surface area contributed by atoms with Crippen molar-refractivity contribution >= 4 is 58.4 Å². The Balaban J connectivity index is 1.43. The van der Waals surface area contributed by atoms with E-state index < -0.39 is 15.8 Å². The van der Waals surface area contributed by atoms with E-state index >= 15 is 0 Å². The van der Waals surface area contributed by atoms with Crippen molar-refractivity contribution in [1.29, 1.82) is 0 Å². The number of ether oxygens (including phenoxy) is 2. The number of benzene rings is 3. The van der Waals surface area contributed by atoms with Gasteiger partial charge in [-0.15, -0.1) is 0 Å². The number of amides is 1. The van der Waals surface area contributed by atoms with Gasteiger partial charge in [-0.3, -0.25) is 35.4 Å². The van der Waals surface area contributed by atoms with E-state index in [1.807, 2.05) is 6.07 Å². The van der Waals surface area contributed by atoms with Crippen LogP contribution in [-0.2, 0) is 4.79 Å². The molecule has 0 radical (unpaired) electrons. The highest BCUT2D eigenvalue weighted by Gasteiger charge is 2.33. The van der Waals surface area contributed by atoms with E-state index in [0.29, 0.717) is 11.3 Å². The molecule has 50 heavy (non-hydrogen) atoms. The number of rotatable bonds is 12. The highest BCUT2D eigenvalue weighted by atomic mass is 16.6. The van der Waals surface area contributed by atoms with E-state index in [9.17, 15) is 25.0 Å². The van der Waals surface area contributed by atoms with Crippen LogP contribution in [0.2, 0.25) is 0 Å². The minimum absolute atomic E-state index is 0.0727. The number of amidine groups is 1. The van der Waals surface area contributed by atoms with Gasteiger partial charge in [-0.25, -0.2) is 4.99 Å². The maximum absolute atomic E-state index is 13.8. The second kappa shape index (κ2) is 14.1. The molecular weight excluding hydrogens is 650 g/mol. The van der Waals surface area contributed by atoms with Crippen LogP contribution >= 0.6 is 0 Å². The Morgan fingerprint density at radius 3 is 1.82 bits per heavy atom. The van der Waals surface area contributed by atoms with Gasteiger partial charge in [-0.2, -0.15) is 20.0 Å².